The predicted octanol–water partition coefficient (Wildman–Crippen LogP) is 1.68. The molecule has 0 aliphatic carbocycles. The van der Waals surface area contributed by atoms with E-state index in [4.69, 9.17) is 21.2 Å². The summed E-state index contributed by atoms with van der Waals surface area (Å²) in [5.41, 5.74) is 3.15. The molecule has 0 saturated carbocycles. The lowest BCUT2D eigenvalue weighted by Crippen LogP contribution is -2.45. The molecule has 3 heterocycles. The van der Waals surface area contributed by atoms with Crippen LogP contribution in [0.4, 0.5) is 5.82 Å². The zero-order valence-electron chi connectivity index (χ0n) is 17.2. The molecule has 0 radical (unpaired) electrons. The van der Waals surface area contributed by atoms with Crippen LogP contribution in [0.2, 0.25) is 5.02 Å². The molecular formula is C20H24ClN5O5. The number of anilines is 1. The minimum absolute atomic E-state index is 0.360. The summed E-state index contributed by atoms with van der Waals surface area (Å²) >= 11 is 6.09. The van der Waals surface area contributed by atoms with Gasteiger partial charge in [-0.15, -0.1) is 0 Å². The van der Waals surface area contributed by atoms with E-state index in [1.54, 1.807) is 18.2 Å². The lowest BCUT2D eigenvalue weighted by molar-refractivity contribution is -0.136. The van der Waals surface area contributed by atoms with Crippen molar-refractivity contribution in [2.45, 2.75) is 50.9 Å². The van der Waals surface area contributed by atoms with Gasteiger partial charge in [-0.05, 0) is 38.0 Å². The Balaban J connectivity index is 1.67. The summed E-state index contributed by atoms with van der Waals surface area (Å²) < 4.78 is 7.47. The van der Waals surface area contributed by atoms with Gasteiger partial charge in [0.1, 0.15) is 30.2 Å². The highest BCUT2D eigenvalue weighted by atomic mass is 35.5. The van der Waals surface area contributed by atoms with E-state index < -0.39 is 30.1 Å². The van der Waals surface area contributed by atoms with Crippen LogP contribution in [0.25, 0.3) is 11.2 Å². The molecule has 10 nitrogen and oxygen atoms in total. The highest BCUT2D eigenvalue weighted by Crippen LogP contribution is 2.41. The number of nitrogens with zero attached hydrogens (tertiary/aromatic N) is 4. The fraction of sp³-hybridized carbons (Fsp3) is 0.450. The van der Waals surface area contributed by atoms with Crippen LogP contribution in [-0.4, -0.2) is 59.8 Å². The normalized spacial score (nSPS) is 25.6. The first kappa shape index (κ1) is 21.9. The van der Waals surface area contributed by atoms with Crippen molar-refractivity contribution in [3.8, 4) is 0 Å². The zero-order chi connectivity index (χ0) is 22.3. The van der Waals surface area contributed by atoms with E-state index in [-0.39, 0.29) is 0 Å². The number of aryl methyl sites for hydroxylation is 1. The SMILES string of the molecule is CCONc1ncnc2c1ncn2[C@@H]1O[C@H](C(C)(O)c2ccc(Cl)c(C)c2)[C@@H](O)[C@H]1O. The molecule has 1 fully saturated rings. The van der Waals surface area contributed by atoms with Crippen molar-refractivity contribution in [2.75, 3.05) is 12.1 Å². The third-order valence-electron chi connectivity index (χ3n) is 5.48. The van der Waals surface area contributed by atoms with Gasteiger partial charge in [-0.2, -0.15) is 0 Å². The first-order chi connectivity index (χ1) is 14.8. The van der Waals surface area contributed by atoms with E-state index in [9.17, 15) is 15.3 Å². The monoisotopic (exact) mass is 449 g/mol. The number of imidazole rings is 1. The van der Waals surface area contributed by atoms with E-state index in [0.29, 0.717) is 34.2 Å². The minimum atomic E-state index is -1.60. The molecule has 3 aromatic rings. The summed E-state index contributed by atoms with van der Waals surface area (Å²) in [6.45, 7) is 5.58. The topological polar surface area (TPSA) is 135 Å². The summed E-state index contributed by atoms with van der Waals surface area (Å²) in [5.74, 6) is 0.360. The lowest BCUT2D eigenvalue weighted by atomic mass is 9.86. The molecule has 0 spiro atoms. The molecule has 4 rings (SSSR count). The largest absolute Gasteiger partial charge is 0.387 e. The molecule has 0 bridgehead atoms. The van der Waals surface area contributed by atoms with Crippen LogP contribution in [0.5, 0.6) is 0 Å². The van der Waals surface area contributed by atoms with Crippen molar-refractivity contribution in [2.24, 2.45) is 0 Å². The Bertz CT molecular complexity index is 1090. The van der Waals surface area contributed by atoms with Crippen LogP contribution in [0.1, 0.15) is 31.2 Å². The van der Waals surface area contributed by atoms with Crippen molar-refractivity contribution in [3.63, 3.8) is 0 Å². The Morgan fingerprint density at radius 3 is 2.74 bits per heavy atom. The third-order valence-corrected chi connectivity index (χ3v) is 5.90. The summed E-state index contributed by atoms with van der Waals surface area (Å²) in [4.78, 5) is 17.8. The number of benzene rings is 1. The Morgan fingerprint density at radius 2 is 2.03 bits per heavy atom. The van der Waals surface area contributed by atoms with Gasteiger partial charge in [0.25, 0.3) is 0 Å². The average molecular weight is 450 g/mol. The number of nitrogens with one attached hydrogen (secondary N) is 1. The Labute approximate surface area is 183 Å². The third kappa shape index (κ3) is 3.75. The maximum atomic E-state index is 11.2. The number of hydrogen-bond donors (Lipinski definition) is 4. The Morgan fingerprint density at radius 1 is 1.26 bits per heavy atom. The first-order valence-electron chi connectivity index (χ1n) is 9.81. The molecule has 5 atom stereocenters. The Hall–Kier alpha value is -2.34. The van der Waals surface area contributed by atoms with E-state index in [0.717, 1.165) is 5.56 Å². The van der Waals surface area contributed by atoms with Gasteiger partial charge < -0.3 is 20.1 Å². The molecule has 1 saturated heterocycles. The van der Waals surface area contributed by atoms with E-state index in [1.165, 1.54) is 24.1 Å². The molecule has 31 heavy (non-hydrogen) atoms. The second-order valence-corrected chi connectivity index (χ2v) is 8.03. The number of aliphatic hydroxyl groups excluding tert-OH is 2. The molecule has 2 aromatic heterocycles. The molecule has 1 unspecified atom stereocenters. The van der Waals surface area contributed by atoms with E-state index in [2.05, 4.69) is 20.4 Å². The maximum absolute atomic E-state index is 11.2. The van der Waals surface area contributed by atoms with Crippen LogP contribution < -0.4 is 5.48 Å². The van der Waals surface area contributed by atoms with Crippen molar-refractivity contribution >= 4 is 28.6 Å². The number of ether oxygens (including phenoxy) is 1. The fourth-order valence-corrected chi connectivity index (χ4v) is 3.85. The van der Waals surface area contributed by atoms with Gasteiger partial charge in [0.15, 0.2) is 23.2 Å². The van der Waals surface area contributed by atoms with Crippen LogP contribution in [0.15, 0.2) is 30.9 Å². The molecular weight excluding hydrogens is 426 g/mol. The van der Waals surface area contributed by atoms with Crippen LogP contribution in [0.3, 0.4) is 0 Å². The molecule has 0 amide bonds. The number of rotatable bonds is 6. The molecule has 1 aliphatic heterocycles. The summed E-state index contributed by atoms with van der Waals surface area (Å²) in [5, 5.41) is 33.3. The lowest BCUT2D eigenvalue weighted by Gasteiger charge is -2.32. The van der Waals surface area contributed by atoms with Gasteiger partial charge in [0.2, 0.25) is 0 Å². The van der Waals surface area contributed by atoms with E-state index >= 15 is 0 Å². The van der Waals surface area contributed by atoms with E-state index in [1.807, 2.05) is 13.8 Å². The smallest absolute Gasteiger partial charge is 0.181 e. The number of halogens is 1. The summed E-state index contributed by atoms with van der Waals surface area (Å²) in [6.07, 6.45) is -2.09. The second kappa shape index (κ2) is 8.30. The summed E-state index contributed by atoms with van der Waals surface area (Å²) in [6, 6.07) is 5.06. The highest BCUT2D eigenvalue weighted by molar-refractivity contribution is 6.31. The minimum Gasteiger partial charge on any atom is -0.387 e. The number of aliphatic hydroxyl groups is 3. The van der Waals surface area contributed by atoms with Crippen LogP contribution in [-0.2, 0) is 15.2 Å². The fourth-order valence-electron chi connectivity index (χ4n) is 3.73. The van der Waals surface area contributed by atoms with Gasteiger partial charge in [-0.25, -0.2) is 20.4 Å². The van der Waals surface area contributed by atoms with Gasteiger partial charge in [0.05, 0.1) is 12.9 Å². The molecule has 1 aliphatic rings. The van der Waals surface area contributed by atoms with Gasteiger partial charge in [-0.1, -0.05) is 23.7 Å². The van der Waals surface area contributed by atoms with Gasteiger partial charge in [-0.3, -0.25) is 9.40 Å². The second-order valence-electron chi connectivity index (χ2n) is 7.62. The maximum Gasteiger partial charge on any atom is 0.181 e. The number of fused-ring (bicyclic) bond motifs is 1. The predicted molar refractivity (Wildman–Crippen MR) is 112 cm³/mol. The first-order valence-corrected chi connectivity index (χ1v) is 10.2. The molecule has 11 heteroatoms. The Kier molecular flexibility index (Phi) is 5.86. The van der Waals surface area contributed by atoms with Gasteiger partial charge >= 0.3 is 0 Å². The molecule has 4 N–H and O–H groups in total. The molecule has 1 aromatic carbocycles. The highest BCUT2D eigenvalue weighted by Gasteiger charge is 2.52. The zero-order valence-corrected chi connectivity index (χ0v) is 18.0. The number of aromatic nitrogens is 4. The summed E-state index contributed by atoms with van der Waals surface area (Å²) in [7, 11) is 0. The van der Waals surface area contributed by atoms with Crippen molar-refractivity contribution < 1.29 is 24.9 Å². The molecule has 166 valence electrons. The average Bonchev–Trinajstić information content (AvgIpc) is 3.30. The number of hydrogen-bond acceptors (Lipinski definition) is 9. The van der Waals surface area contributed by atoms with Crippen molar-refractivity contribution in [3.05, 3.63) is 47.0 Å². The standard InChI is InChI=1S/C20H24ClN5O5/c1-4-30-25-17-13-18(23-8-22-17)26(9-24-13)19-15(28)14(27)16(31-19)20(3,29)11-5-6-12(21)10(2)7-11/h5-9,14-16,19,27-29H,4H2,1-3H3,(H,22,23,25)/t14-,15+,16-,19+,20?/m0/s1. The van der Waals surface area contributed by atoms with Gasteiger partial charge in [0, 0.05) is 5.02 Å². The quantitative estimate of drug-likeness (QED) is 0.414. The van der Waals surface area contributed by atoms with Crippen LogP contribution >= 0.6 is 11.6 Å². The van der Waals surface area contributed by atoms with Crippen molar-refractivity contribution in [1.82, 2.24) is 19.5 Å². The van der Waals surface area contributed by atoms with Crippen LogP contribution in [0, 0.1) is 6.92 Å². The van der Waals surface area contributed by atoms with Crippen molar-refractivity contribution in [1.29, 1.82) is 0 Å².